The maximum atomic E-state index is 8.08. The number of hydrogen-bond acceptors (Lipinski definition) is 2. The second-order valence-corrected chi connectivity index (χ2v) is 3.97. The molecular formula is C10H12BrN3O. The lowest BCUT2D eigenvalue weighted by molar-refractivity contribution is 0.328. The molecule has 0 amide bonds. The first kappa shape index (κ1) is 11.9. The molecule has 0 bridgehead atoms. The number of nitrogens with zero attached hydrogens (tertiary/aromatic N) is 3. The second-order valence-electron chi connectivity index (χ2n) is 3.17. The molecule has 0 aliphatic carbocycles. The van der Waals surface area contributed by atoms with E-state index in [-0.39, 0.29) is 0 Å². The van der Waals surface area contributed by atoms with Gasteiger partial charge in [0, 0.05) is 9.38 Å². The molecule has 15 heavy (non-hydrogen) atoms. The number of halogens is 1. The summed E-state index contributed by atoms with van der Waals surface area (Å²) in [6, 6.07) is 3.90. The molecule has 5 heteroatoms. The lowest BCUT2D eigenvalue weighted by Gasteiger charge is -2.08. The van der Waals surface area contributed by atoms with Gasteiger partial charge in [-0.2, -0.15) is 0 Å². The zero-order chi connectivity index (χ0) is 11.3. The molecule has 0 atom stereocenters. The van der Waals surface area contributed by atoms with Gasteiger partial charge in [-0.25, -0.2) is 0 Å². The molecule has 0 saturated heterocycles. The summed E-state index contributed by atoms with van der Waals surface area (Å²) >= 11 is 3.48. The van der Waals surface area contributed by atoms with Crippen LogP contribution in [-0.2, 0) is 0 Å². The summed E-state index contributed by atoms with van der Waals surface area (Å²) in [5.41, 5.74) is 10.4. The average molecular weight is 270 g/mol. The van der Waals surface area contributed by atoms with Crippen LogP contribution in [0.4, 0.5) is 0 Å². The summed E-state index contributed by atoms with van der Waals surface area (Å²) in [6.45, 7) is 4.78. The molecule has 1 aromatic carbocycles. The molecule has 0 aromatic heterocycles. The SMILES string of the molecule is Cc1cc(OCCN=[N+]=[N-])cc(C)c1Br. The summed E-state index contributed by atoms with van der Waals surface area (Å²) < 4.78 is 6.54. The molecule has 80 valence electrons. The van der Waals surface area contributed by atoms with Gasteiger partial charge in [-0.05, 0) is 42.6 Å². The fraction of sp³-hybridized carbons (Fsp3) is 0.400. The van der Waals surface area contributed by atoms with Crippen molar-refractivity contribution in [2.45, 2.75) is 13.8 Å². The molecule has 0 radical (unpaired) electrons. The number of benzene rings is 1. The van der Waals surface area contributed by atoms with Crippen molar-refractivity contribution in [2.75, 3.05) is 13.2 Å². The van der Waals surface area contributed by atoms with Gasteiger partial charge in [0.25, 0.3) is 0 Å². The lowest BCUT2D eigenvalue weighted by Crippen LogP contribution is -2.00. The Morgan fingerprint density at radius 2 is 2.00 bits per heavy atom. The minimum atomic E-state index is 0.352. The molecule has 0 aliphatic heterocycles. The van der Waals surface area contributed by atoms with E-state index in [1.807, 2.05) is 26.0 Å². The summed E-state index contributed by atoms with van der Waals surface area (Å²) in [6.07, 6.45) is 0. The first-order valence-corrected chi connectivity index (χ1v) is 5.35. The molecule has 0 saturated carbocycles. The number of hydrogen-bond donors (Lipinski definition) is 0. The minimum absolute atomic E-state index is 0.352. The Labute approximate surface area is 97.0 Å². The summed E-state index contributed by atoms with van der Waals surface area (Å²) in [5, 5.41) is 3.40. The van der Waals surface area contributed by atoms with Gasteiger partial charge < -0.3 is 4.74 Å². The molecule has 0 unspecified atom stereocenters. The summed E-state index contributed by atoms with van der Waals surface area (Å²) in [5.74, 6) is 0.807. The van der Waals surface area contributed by atoms with Crippen molar-refractivity contribution in [2.24, 2.45) is 5.11 Å². The predicted molar refractivity (Wildman–Crippen MR) is 63.1 cm³/mol. The third-order valence-corrected chi connectivity index (χ3v) is 3.18. The van der Waals surface area contributed by atoms with E-state index in [1.54, 1.807) is 0 Å². The van der Waals surface area contributed by atoms with E-state index in [0.717, 1.165) is 21.3 Å². The van der Waals surface area contributed by atoms with Crippen molar-refractivity contribution in [1.82, 2.24) is 0 Å². The third kappa shape index (κ3) is 3.46. The number of rotatable bonds is 4. The van der Waals surface area contributed by atoms with Crippen LogP contribution >= 0.6 is 15.9 Å². The first-order valence-electron chi connectivity index (χ1n) is 4.55. The fourth-order valence-corrected chi connectivity index (χ4v) is 1.47. The van der Waals surface area contributed by atoms with Gasteiger partial charge in [-0.3, -0.25) is 0 Å². The minimum Gasteiger partial charge on any atom is -0.493 e. The molecular weight excluding hydrogens is 258 g/mol. The number of aryl methyl sites for hydroxylation is 2. The first-order chi connectivity index (χ1) is 7.15. The van der Waals surface area contributed by atoms with E-state index in [1.165, 1.54) is 0 Å². The van der Waals surface area contributed by atoms with Crippen LogP contribution in [0.2, 0.25) is 0 Å². The van der Waals surface area contributed by atoms with Crippen LogP contribution < -0.4 is 4.74 Å². The van der Waals surface area contributed by atoms with Crippen LogP contribution in [0.3, 0.4) is 0 Å². The van der Waals surface area contributed by atoms with E-state index in [4.69, 9.17) is 10.3 Å². The van der Waals surface area contributed by atoms with Crippen LogP contribution in [0.5, 0.6) is 5.75 Å². The third-order valence-electron chi connectivity index (χ3n) is 1.93. The van der Waals surface area contributed by atoms with Crippen molar-refractivity contribution < 1.29 is 4.74 Å². The van der Waals surface area contributed by atoms with Gasteiger partial charge in [-0.15, -0.1) is 0 Å². The highest BCUT2D eigenvalue weighted by molar-refractivity contribution is 9.10. The molecule has 0 fully saturated rings. The van der Waals surface area contributed by atoms with E-state index in [9.17, 15) is 0 Å². The molecule has 0 N–H and O–H groups in total. The highest BCUT2D eigenvalue weighted by Gasteiger charge is 2.02. The maximum absolute atomic E-state index is 8.08. The molecule has 4 nitrogen and oxygen atoms in total. The van der Waals surface area contributed by atoms with Gasteiger partial charge in [-0.1, -0.05) is 21.0 Å². The van der Waals surface area contributed by atoms with E-state index < -0.39 is 0 Å². The summed E-state index contributed by atoms with van der Waals surface area (Å²) in [7, 11) is 0. The Hall–Kier alpha value is -1.19. The van der Waals surface area contributed by atoms with Gasteiger partial charge in [0.15, 0.2) is 0 Å². The molecule has 0 spiro atoms. The predicted octanol–water partition coefficient (Wildman–Crippen LogP) is 3.76. The van der Waals surface area contributed by atoms with E-state index in [0.29, 0.717) is 13.2 Å². The van der Waals surface area contributed by atoms with Gasteiger partial charge in [0.05, 0.1) is 13.2 Å². The van der Waals surface area contributed by atoms with Crippen LogP contribution in [-0.4, -0.2) is 13.2 Å². The van der Waals surface area contributed by atoms with Gasteiger partial charge in [0.2, 0.25) is 0 Å². The Morgan fingerprint density at radius 3 is 2.53 bits per heavy atom. The van der Waals surface area contributed by atoms with Gasteiger partial charge in [0.1, 0.15) is 5.75 Å². The highest BCUT2D eigenvalue weighted by Crippen LogP contribution is 2.26. The Bertz CT molecular complexity index is 377. The Kier molecular flexibility index (Phi) is 4.46. The molecule has 0 aliphatic rings. The quantitative estimate of drug-likeness (QED) is 0.355. The highest BCUT2D eigenvalue weighted by atomic mass is 79.9. The normalized spacial score (nSPS) is 9.53. The van der Waals surface area contributed by atoms with Crippen molar-refractivity contribution in [3.05, 3.63) is 38.2 Å². The molecule has 1 aromatic rings. The maximum Gasteiger partial charge on any atom is 0.119 e. The topological polar surface area (TPSA) is 58.0 Å². The fourth-order valence-electron chi connectivity index (χ4n) is 1.24. The molecule has 0 heterocycles. The summed E-state index contributed by atoms with van der Waals surface area (Å²) in [4.78, 5) is 2.65. The van der Waals surface area contributed by atoms with Gasteiger partial charge >= 0.3 is 0 Å². The van der Waals surface area contributed by atoms with Crippen molar-refractivity contribution >= 4 is 15.9 Å². The van der Waals surface area contributed by atoms with Crippen LogP contribution in [0.15, 0.2) is 21.7 Å². The van der Waals surface area contributed by atoms with Crippen LogP contribution in [0.1, 0.15) is 11.1 Å². The standard InChI is InChI=1S/C10H12BrN3O/c1-7-5-9(6-8(2)10(7)11)15-4-3-13-14-12/h5-6H,3-4H2,1-2H3. The monoisotopic (exact) mass is 269 g/mol. The number of ether oxygens (including phenoxy) is 1. The van der Waals surface area contributed by atoms with Crippen LogP contribution in [0.25, 0.3) is 10.4 Å². The Balaban J connectivity index is 2.66. The zero-order valence-corrected chi connectivity index (χ0v) is 10.3. The Morgan fingerprint density at radius 1 is 1.40 bits per heavy atom. The number of azide groups is 1. The second kappa shape index (κ2) is 5.63. The molecule has 1 rings (SSSR count). The van der Waals surface area contributed by atoms with Crippen molar-refractivity contribution in [1.29, 1.82) is 0 Å². The van der Waals surface area contributed by atoms with Crippen molar-refractivity contribution in [3.8, 4) is 5.75 Å². The van der Waals surface area contributed by atoms with Crippen molar-refractivity contribution in [3.63, 3.8) is 0 Å². The van der Waals surface area contributed by atoms with E-state index in [2.05, 4.69) is 26.0 Å². The largest absolute Gasteiger partial charge is 0.493 e. The smallest absolute Gasteiger partial charge is 0.119 e. The average Bonchev–Trinajstić information content (AvgIpc) is 2.21. The van der Waals surface area contributed by atoms with Crippen LogP contribution in [0, 0.1) is 13.8 Å². The lowest BCUT2D eigenvalue weighted by atomic mass is 10.1. The van der Waals surface area contributed by atoms with E-state index >= 15 is 0 Å². The zero-order valence-electron chi connectivity index (χ0n) is 8.70.